The Morgan fingerprint density at radius 3 is 2.44 bits per heavy atom. The Morgan fingerprint density at radius 1 is 1.00 bits per heavy atom. The molecule has 0 fully saturated rings. The fourth-order valence-corrected chi connectivity index (χ4v) is 4.42. The number of pyridine rings is 1. The molecule has 0 aliphatic carbocycles. The van der Waals surface area contributed by atoms with E-state index in [9.17, 15) is 4.79 Å². The van der Waals surface area contributed by atoms with Crippen LogP contribution in [0.1, 0.15) is 13.3 Å². The van der Waals surface area contributed by atoms with Crippen molar-refractivity contribution in [2.24, 2.45) is 0 Å². The normalized spacial score (nSPS) is 12.9. The number of aliphatic hydroxyl groups excluding tert-OH is 1. The third-order valence-corrected chi connectivity index (χ3v) is 6.05. The van der Waals surface area contributed by atoms with Crippen LogP contribution < -0.4 is 20.4 Å². The molecule has 3 aromatic rings. The van der Waals surface area contributed by atoms with Gasteiger partial charge in [-0.25, -0.2) is 18.6 Å². The smallest absolute Gasteiger partial charge is 0.334 e. The average Bonchev–Trinajstić information content (AvgIpc) is 2.92. The predicted molar refractivity (Wildman–Crippen MR) is 140 cm³/mol. The molecular formula is C25H25Cl2F2N5O2. The van der Waals surface area contributed by atoms with Crippen molar-refractivity contribution in [2.75, 3.05) is 47.9 Å². The lowest BCUT2D eigenvalue weighted by molar-refractivity contribution is 0.253. The number of rotatable bonds is 9. The average molecular weight is 536 g/mol. The van der Waals surface area contributed by atoms with Gasteiger partial charge in [0, 0.05) is 54.2 Å². The molecule has 2 aromatic carbocycles. The van der Waals surface area contributed by atoms with E-state index in [-0.39, 0.29) is 24.5 Å². The zero-order valence-electron chi connectivity index (χ0n) is 19.5. The Bertz CT molecular complexity index is 1250. The van der Waals surface area contributed by atoms with Crippen LogP contribution in [-0.4, -0.2) is 48.9 Å². The maximum atomic E-state index is 15.5. The molecule has 2 heterocycles. The van der Waals surface area contributed by atoms with Gasteiger partial charge in [0.1, 0.15) is 11.5 Å². The quantitative estimate of drug-likeness (QED) is 0.301. The summed E-state index contributed by atoms with van der Waals surface area (Å²) in [6.45, 7) is 3.43. The van der Waals surface area contributed by atoms with Crippen LogP contribution in [0.25, 0.3) is 11.1 Å². The first-order chi connectivity index (χ1) is 17.3. The molecule has 0 unspecified atom stereocenters. The fourth-order valence-electron chi connectivity index (χ4n) is 4.10. The maximum absolute atomic E-state index is 15.5. The summed E-state index contributed by atoms with van der Waals surface area (Å²) in [5, 5.41) is 15.4. The van der Waals surface area contributed by atoms with E-state index in [1.807, 2.05) is 6.92 Å². The number of carbonyl (C=O) groups is 1. The number of aromatic nitrogens is 1. The van der Waals surface area contributed by atoms with E-state index in [1.54, 1.807) is 18.2 Å². The fraction of sp³-hybridized carbons (Fsp3) is 0.280. The van der Waals surface area contributed by atoms with Crippen molar-refractivity contribution in [2.45, 2.75) is 13.3 Å². The molecule has 1 aromatic heterocycles. The van der Waals surface area contributed by atoms with Crippen molar-refractivity contribution >= 4 is 52.1 Å². The Labute approximate surface area is 217 Å². The molecule has 0 saturated heterocycles. The van der Waals surface area contributed by atoms with Gasteiger partial charge in [-0.2, -0.15) is 0 Å². The minimum absolute atomic E-state index is 0.00600. The van der Waals surface area contributed by atoms with Crippen LogP contribution in [-0.2, 0) is 0 Å². The number of hydrogen-bond donors (Lipinski definition) is 3. The van der Waals surface area contributed by atoms with E-state index >= 15 is 8.78 Å². The van der Waals surface area contributed by atoms with E-state index in [0.29, 0.717) is 53.0 Å². The second kappa shape index (κ2) is 11.4. The van der Waals surface area contributed by atoms with Crippen LogP contribution in [0.4, 0.5) is 36.5 Å². The summed E-state index contributed by atoms with van der Waals surface area (Å²) in [6.07, 6.45) is 2.01. The van der Waals surface area contributed by atoms with Gasteiger partial charge in [-0.3, -0.25) is 9.80 Å². The molecule has 2 amide bonds. The zero-order valence-corrected chi connectivity index (χ0v) is 21.0. The van der Waals surface area contributed by atoms with Gasteiger partial charge in [-0.15, -0.1) is 0 Å². The summed E-state index contributed by atoms with van der Waals surface area (Å²) in [7, 11) is 0. The van der Waals surface area contributed by atoms with Gasteiger partial charge in [0.15, 0.2) is 11.6 Å². The summed E-state index contributed by atoms with van der Waals surface area (Å²) in [5.74, 6) is -1.51. The maximum Gasteiger partial charge on any atom is 0.334 e. The Balaban J connectivity index is 1.83. The SMILES string of the molecule is CCCN1C(=O)N(c2c(F)cc(NCCNCCO)cc2F)c2cc(Cl)ccc2-c2cc(Cl)cnc21. The Hall–Kier alpha value is -2.98. The van der Waals surface area contributed by atoms with Crippen molar-refractivity contribution in [3.63, 3.8) is 0 Å². The molecular weight excluding hydrogens is 511 g/mol. The number of urea groups is 1. The second-order valence-corrected chi connectivity index (χ2v) is 9.02. The van der Waals surface area contributed by atoms with Gasteiger partial charge in [-0.05, 0) is 36.8 Å². The number of nitrogens with zero attached hydrogens (tertiary/aromatic N) is 3. The molecule has 1 aliphatic heterocycles. The minimum atomic E-state index is -0.923. The van der Waals surface area contributed by atoms with Gasteiger partial charge < -0.3 is 15.7 Å². The molecule has 1 aliphatic rings. The molecule has 7 nitrogen and oxygen atoms in total. The first-order valence-electron chi connectivity index (χ1n) is 11.5. The summed E-state index contributed by atoms with van der Waals surface area (Å²) >= 11 is 12.5. The van der Waals surface area contributed by atoms with Crippen LogP contribution in [0, 0.1) is 11.6 Å². The van der Waals surface area contributed by atoms with Crippen LogP contribution in [0.2, 0.25) is 10.0 Å². The van der Waals surface area contributed by atoms with Crippen molar-refractivity contribution in [1.82, 2.24) is 10.3 Å². The number of fused-ring (bicyclic) bond motifs is 3. The molecule has 3 N–H and O–H groups in total. The molecule has 0 saturated carbocycles. The van der Waals surface area contributed by atoms with Gasteiger partial charge >= 0.3 is 6.03 Å². The number of anilines is 4. The van der Waals surface area contributed by atoms with Gasteiger partial charge in [0.2, 0.25) is 0 Å². The van der Waals surface area contributed by atoms with Crippen LogP contribution in [0.5, 0.6) is 0 Å². The molecule has 0 bridgehead atoms. The van der Waals surface area contributed by atoms with Crippen molar-refractivity contribution in [3.05, 3.63) is 64.3 Å². The summed E-state index contributed by atoms with van der Waals surface area (Å²) in [5.41, 5.74) is 0.964. The highest BCUT2D eigenvalue weighted by Gasteiger charge is 2.36. The lowest BCUT2D eigenvalue weighted by Gasteiger charge is -2.29. The Morgan fingerprint density at radius 2 is 1.75 bits per heavy atom. The highest BCUT2D eigenvalue weighted by Crippen LogP contribution is 2.46. The number of aliphatic hydroxyl groups is 1. The highest BCUT2D eigenvalue weighted by atomic mass is 35.5. The zero-order chi connectivity index (χ0) is 25.8. The number of amides is 2. The van der Waals surface area contributed by atoms with Crippen LogP contribution >= 0.6 is 23.2 Å². The number of nitrogens with one attached hydrogen (secondary N) is 2. The van der Waals surface area contributed by atoms with E-state index in [2.05, 4.69) is 15.6 Å². The monoisotopic (exact) mass is 535 g/mol. The van der Waals surface area contributed by atoms with Crippen molar-refractivity contribution in [3.8, 4) is 11.1 Å². The Kier molecular flexibility index (Phi) is 8.25. The standard InChI is InChI=1S/C25H25Cl2F2N5O2/c1-2-8-33-24-19(10-16(27)14-32-24)18-4-3-15(26)11-22(18)34(25(33)36)23-20(28)12-17(13-21(23)29)31-6-5-30-7-9-35/h3-4,10-14,30-31,35H,2,5-9H2,1H3. The van der Waals surface area contributed by atoms with E-state index in [1.165, 1.54) is 17.2 Å². The van der Waals surface area contributed by atoms with Crippen LogP contribution in [0.3, 0.4) is 0 Å². The molecule has 0 spiro atoms. The third kappa shape index (κ3) is 5.24. The van der Waals surface area contributed by atoms with Crippen molar-refractivity contribution < 1.29 is 18.7 Å². The third-order valence-electron chi connectivity index (χ3n) is 5.61. The van der Waals surface area contributed by atoms with Gasteiger partial charge in [0.05, 0.1) is 17.3 Å². The number of benzene rings is 2. The van der Waals surface area contributed by atoms with E-state index in [0.717, 1.165) is 17.0 Å². The number of carbonyl (C=O) groups excluding carboxylic acids is 1. The first-order valence-corrected chi connectivity index (χ1v) is 12.2. The summed E-state index contributed by atoms with van der Waals surface area (Å²) < 4.78 is 31.0. The summed E-state index contributed by atoms with van der Waals surface area (Å²) in [6, 6.07) is 8.08. The largest absolute Gasteiger partial charge is 0.395 e. The predicted octanol–water partition coefficient (Wildman–Crippen LogP) is 5.82. The highest BCUT2D eigenvalue weighted by molar-refractivity contribution is 6.32. The van der Waals surface area contributed by atoms with Gasteiger partial charge in [0.25, 0.3) is 0 Å². The van der Waals surface area contributed by atoms with Gasteiger partial charge in [-0.1, -0.05) is 36.2 Å². The molecule has 0 atom stereocenters. The number of halogens is 4. The molecule has 11 heteroatoms. The minimum Gasteiger partial charge on any atom is -0.395 e. The summed E-state index contributed by atoms with van der Waals surface area (Å²) in [4.78, 5) is 20.7. The first kappa shape index (κ1) is 26.1. The lowest BCUT2D eigenvalue weighted by atomic mass is 10.0. The van der Waals surface area contributed by atoms with E-state index < -0.39 is 23.4 Å². The molecule has 0 radical (unpaired) electrons. The van der Waals surface area contributed by atoms with Crippen molar-refractivity contribution in [1.29, 1.82) is 0 Å². The van der Waals surface area contributed by atoms with E-state index in [4.69, 9.17) is 28.3 Å². The topological polar surface area (TPSA) is 80.7 Å². The molecule has 190 valence electrons. The molecule has 4 rings (SSSR count). The number of hydrogen-bond acceptors (Lipinski definition) is 5. The molecule has 36 heavy (non-hydrogen) atoms. The lowest BCUT2D eigenvalue weighted by Crippen LogP contribution is -2.42. The van der Waals surface area contributed by atoms with Crippen LogP contribution in [0.15, 0.2) is 42.6 Å². The second-order valence-electron chi connectivity index (χ2n) is 8.14.